The Bertz CT molecular complexity index is 1130. The third-order valence-electron chi connectivity index (χ3n) is 10.7. The second-order valence-electron chi connectivity index (χ2n) is 13.3. The monoisotopic (exact) mass is 551 g/mol. The summed E-state index contributed by atoms with van der Waals surface area (Å²) in [7, 11) is 0. The quantitative estimate of drug-likeness (QED) is 0.284. The first-order chi connectivity index (χ1) is 18.7. The van der Waals surface area contributed by atoms with E-state index in [-0.39, 0.29) is 10.8 Å². The van der Waals surface area contributed by atoms with Gasteiger partial charge in [0.25, 0.3) is 0 Å². The van der Waals surface area contributed by atoms with Gasteiger partial charge in [-0.25, -0.2) is 4.98 Å². The fraction of sp³-hybridized carbons (Fsp3) is 0.676. The van der Waals surface area contributed by atoms with Crippen LogP contribution in [0.2, 0.25) is 0 Å². The van der Waals surface area contributed by atoms with E-state index in [1.165, 1.54) is 49.8 Å². The van der Waals surface area contributed by atoms with Crippen molar-refractivity contribution in [3.8, 4) is 0 Å². The van der Waals surface area contributed by atoms with Crippen molar-refractivity contribution in [2.24, 2.45) is 23.2 Å². The lowest BCUT2D eigenvalue weighted by atomic mass is 9.61. The number of aliphatic hydroxyl groups excluding tert-OH is 3. The van der Waals surface area contributed by atoms with Gasteiger partial charge in [0.2, 0.25) is 0 Å². The number of hydrogen-bond acceptors (Lipinski definition) is 5. The molecule has 214 valence electrons. The molecule has 0 unspecified atom stereocenters. The fourth-order valence-electron chi connectivity index (χ4n) is 7.99. The Morgan fingerprint density at radius 2 is 1.97 bits per heavy atom. The van der Waals surface area contributed by atoms with Gasteiger partial charge in [0.05, 0.1) is 29.4 Å². The van der Waals surface area contributed by atoms with Gasteiger partial charge in [0.1, 0.15) is 5.01 Å². The maximum atomic E-state index is 11.3. The van der Waals surface area contributed by atoms with E-state index in [0.29, 0.717) is 30.6 Å². The SMILES string of the molecule is C=C1C(=CC=C2CCC[C@]3(C)[C@@H]([C@@H](C)C=C[C@H](O)C4(c5nc(CCCC)cs5)CC4)CC[C@@H]23)C[C@@H](O)C[C@@H]1O. The highest BCUT2D eigenvalue weighted by Crippen LogP contribution is 2.60. The van der Waals surface area contributed by atoms with Gasteiger partial charge in [0, 0.05) is 11.8 Å². The molecule has 0 bridgehead atoms. The molecular formula is C34H49NO3S. The zero-order valence-corrected chi connectivity index (χ0v) is 25.1. The van der Waals surface area contributed by atoms with Gasteiger partial charge >= 0.3 is 0 Å². The molecule has 0 amide bonds. The van der Waals surface area contributed by atoms with Crippen LogP contribution in [0.1, 0.15) is 102 Å². The molecule has 5 rings (SSSR count). The van der Waals surface area contributed by atoms with Crippen LogP contribution in [0.25, 0.3) is 0 Å². The summed E-state index contributed by atoms with van der Waals surface area (Å²) in [4.78, 5) is 4.93. The minimum Gasteiger partial charge on any atom is -0.393 e. The van der Waals surface area contributed by atoms with Crippen LogP contribution in [-0.4, -0.2) is 38.6 Å². The minimum atomic E-state index is -0.637. The first kappa shape index (κ1) is 29.0. The number of rotatable bonds is 9. The first-order valence-corrected chi connectivity index (χ1v) is 16.3. The number of hydrogen-bond donors (Lipinski definition) is 3. The summed E-state index contributed by atoms with van der Waals surface area (Å²) in [5.41, 5.74) is 4.58. The van der Waals surface area contributed by atoms with Crippen LogP contribution in [0.15, 0.2) is 53.0 Å². The van der Waals surface area contributed by atoms with Crippen LogP contribution in [0, 0.1) is 23.2 Å². The average molecular weight is 552 g/mol. The van der Waals surface area contributed by atoms with Crippen molar-refractivity contribution in [1.82, 2.24) is 4.98 Å². The molecular weight excluding hydrogens is 502 g/mol. The van der Waals surface area contributed by atoms with Gasteiger partial charge in [-0.3, -0.25) is 0 Å². The van der Waals surface area contributed by atoms with Gasteiger partial charge in [0.15, 0.2) is 0 Å². The summed E-state index contributed by atoms with van der Waals surface area (Å²) in [5, 5.41) is 35.0. The lowest BCUT2D eigenvalue weighted by Crippen LogP contribution is -2.35. The topological polar surface area (TPSA) is 73.6 Å². The number of nitrogens with zero attached hydrogens (tertiary/aromatic N) is 1. The molecule has 1 aromatic heterocycles. The van der Waals surface area contributed by atoms with Crippen molar-refractivity contribution in [2.75, 3.05) is 0 Å². The van der Waals surface area contributed by atoms with E-state index in [2.05, 4.69) is 57.0 Å². The number of fused-ring (bicyclic) bond motifs is 1. The second-order valence-corrected chi connectivity index (χ2v) is 14.1. The Morgan fingerprint density at radius 3 is 2.72 bits per heavy atom. The van der Waals surface area contributed by atoms with Gasteiger partial charge < -0.3 is 15.3 Å². The van der Waals surface area contributed by atoms with Gasteiger partial charge in [-0.15, -0.1) is 11.3 Å². The number of unbranched alkanes of at least 4 members (excludes halogenated alkanes) is 1. The smallest absolute Gasteiger partial charge is 0.102 e. The Balaban J connectivity index is 1.26. The normalized spacial score (nSPS) is 36.0. The summed E-state index contributed by atoms with van der Waals surface area (Å²) in [5.74, 6) is 1.60. The highest BCUT2D eigenvalue weighted by Gasteiger charge is 2.53. The number of aryl methyl sites for hydroxylation is 1. The molecule has 0 radical (unpaired) electrons. The Kier molecular flexibility index (Phi) is 8.74. The van der Waals surface area contributed by atoms with Gasteiger partial charge in [-0.05, 0) is 98.5 Å². The van der Waals surface area contributed by atoms with E-state index in [0.717, 1.165) is 41.8 Å². The molecule has 39 heavy (non-hydrogen) atoms. The Morgan fingerprint density at radius 1 is 1.18 bits per heavy atom. The number of aromatic nitrogens is 1. The fourth-order valence-corrected chi connectivity index (χ4v) is 9.13. The molecule has 4 fully saturated rings. The van der Waals surface area contributed by atoms with Crippen LogP contribution >= 0.6 is 11.3 Å². The van der Waals surface area contributed by atoms with Crippen molar-refractivity contribution in [3.63, 3.8) is 0 Å². The Labute approximate surface area is 239 Å². The summed E-state index contributed by atoms with van der Waals surface area (Å²) in [6.45, 7) is 11.2. The van der Waals surface area contributed by atoms with E-state index in [1.807, 2.05) is 0 Å². The highest BCUT2D eigenvalue weighted by atomic mass is 32.1. The molecule has 7 atom stereocenters. The lowest BCUT2D eigenvalue weighted by Gasteiger charge is -2.44. The molecule has 4 aliphatic carbocycles. The lowest BCUT2D eigenvalue weighted by molar-refractivity contribution is 0.0862. The maximum Gasteiger partial charge on any atom is 0.102 e. The predicted octanol–water partition coefficient (Wildman–Crippen LogP) is 7.21. The minimum absolute atomic E-state index is 0.161. The summed E-state index contributed by atoms with van der Waals surface area (Å²) in [6.07, 6.45) is 19.7. The van der Waals surface area contributed by atoms with E-state index >= 15 is 0 Å². The van der Waals surface area contributed by atoms with Crippen LogP contribution in [0.5, 0.6) is 0 Å². The highest BCUT2D eigenvalue weighted by molar-refractivity contribution is 7.09. The zero-order valence-electron chi connectivity index (χ0n) is 24.2. The zero-order chi connectivity index (χ0) is 27.8. The third kappa shape index (κ3) is 5.80. The van der Waals surface area contributed by atoms with Gasteiger partial charge in [-0.2, -0.15) is 0 Å². The van der Waals surface area contributed by atoms with E-state index in [4.69, 9.17) is 4.98 Å². The molecule has 0 saturated heterocycles. The largest absolute Gasteiger partial charge is 0.393 e. The van der Waals surface area contributed by atoms with Gasteiger partial charge in [-0.1, -0.05) is 63.6 Å². The summed E-state index contributed by atoms with van der Waals surface area (Å²) in [6, 6.07) is 0. The van der Waals surface area contributed by atoms with Crippen LogP contribution in [-0.2, 0) is 11.8 Å². The second kappa shape index (κ2) is 11.8. The number of allylic oxidation sites excluding steroid dienone is 4. The molecule has 4 saturated carbocycles. The third-order valence-corrected chi connectivity index (χ3v) is 11.8. The molecule has 0 aliphatic heterocycles. The summed E-state index contributed by atoms with van der Waals surface area (Å²) < 4.78 is 0. The van der Waals surface area contributed by atoms with Crippen LogP contribution in [0.4, 0.5) is 0 Å². The molecule has 3 N–H and O–H groups in total. The van der Waals surface area contributed by atoms with E-state index in [1.54, 1.807) is 11.3 Å². The maximum absolute atomic E-state index is 11.3. The molecule has 0 spiro atoms. The van der Waals surface area contributed by atoms with Crippen molar-refractivity contribution >= 4 is 11.3 Å². The molecule has 1 aromatic rings. The molecule has 4 aliphatic rings. The van der Waals surface area contributed by atoms with Crippen LogP contribution in [0.3, 0.4) is 0 Å². The standard InChI is InChI=1S/C34H49NO3S/c1-5-6-9-26-21-39-32(35-26)34(17-18-34)31(38)15-10-22(2)28-13-14-29-24(8-7-16-33(28,29)4)11-12-25-19-27(36)20-30(37)23(25)3/h10-12,15,21-22,27-31,36-38H,3,5-9,13-14,16-20H2,1-2,4H3/t22-,27+,28+,29-,30-,31-,33+/m0/s1. The predicted molar refractivity (Wildman–Crippen MR) is 161 cm³/mol. The van der Waals surface area contributed by atoms with E-state index in [9.17, 15) is 15.3 Å². The summed E-state index contributed by atoms with van der Waals surface area (Å²) >= 11 is 1.74. The molecule has 1 heterocycles. The van der Waals surface area contributed by atoms with Crippen molar-refractivity contribution in [3.05, 3.63) is 63.7 Å². The average Bonchev–Trinajstić information content (AvgIpc) is 3.44. The molecule has 0 aromatic carbocycles. The van der Waals surface area contributed by atoms with Crippen molar-refractivity contribution in [2.45, 2.75) is 122 Å². The Hall–Kier alpha value is -1.53. The van der Waals surface area contributed by atoms with Crippen molar-refractivity contribution in [1.29, 1.82) is 0 Å². The number of aliphatic hydroxyl groups is 3. The van der Waals surface area contributed by atoms with E-state index < -0.39 is 18.3 Å². The molecule has 4 nitrogen and oxygen atoms in total. The molecule has 5 heteroatoms. The first-order valence-electron chi connectivity index (χ1n) is 15.4. The van der Waals surface area contributed by atoms with Crippen LogP contribution < -0.4 is 0 Å². The van der Waals surface area contributed by atoms with Crippen molar-refractivity contribution < 1.29 is 15.3 Å². The number of thiazole rings is 1.